The van der Waals surface area contributed by atoms with Gasteiger partial charge in [-0.1, -0.05) is 13.0 Å². The van der Waals surface area contributed by atoms with Crippen molar-refractivity contribution in [1.82, 2.24) is 5.32 Å². The number of hydrogen-bond acceptors (Lipinski definition) is 2. The third-order valence-electron chi connectivity index (χ3n) is 3.30. The monoisotopic (exact) mass is 302 g/mol. The number of carbonyl (C=O) groups is 1. The average Bonchev–Trinajstić information content (AvgIpc) is 2.37. The first-order valence-corrected chi connectivity index (χ1v) is 6.89. The largest absolute Gasteiger partial charge is 0.418 e. The lowest BCUT2D eigenvalue weighted by Crippen LogP contribution is -2.43. The molecular weight excluding hydrogens is 281 g/mol. The van der Waals surface area contributed by atoms with Gasteiger partial charge in [0, 0.05) is 12.1 Å². The molecule has 1 rings (SSSR count). The first kappa shape index (κ1) is 17.3. The third-order valence-corrected chi connectivity index (χ3v) is 3.30. The summed E-state index contributed by atoms with van der Waals surface area (Å²) in [5.41, 5.74) is -1.47. The average molecular weight is 302 g/mol. The van der Waals surface area contributed by atoms with Crippen molar-refractivity contribution in [3.05, 3.63) is 29.3 Å². The summed E-state index contributed by atoms with van der Waals surface area (Å²) in [6.07, 6.45) is -3.83. The minimum atomic E-state index is -4.51. The molecule has 1 aromatic carbocycles. The van der Waals surface area contributed by atoms with Crippen molar-refractivity contribution in [3.8, 4) is 0 Å². The number of para-hydroxylation sites is 1. The molecule has 0 bridgehead atoms. The van der Waals surface area contributed by atoms with Crippen LogP contribution >= 0.6 is 0 Å². The third kappa shape index (κ3) is 4.37. The lowest BCUT2D eigenvalue weighted by molar-refractivity contribution is -0.137. The standard InChI is InChI=1S/C15H21F3N2O/c1-5-14(3,4)20-13(21)10-8-7-9-11(15(16,17)18)12(10)19-6-2/h7-9,19H,5-6H2,1-4H3,(H,20,21). The highest BCUT2D eigenvalue weighted by Gasteiger charge is 2.35. The van der Waals surface area contributed by atoms with E-state index in [9.17, 15) is 18.0 Å². The molecule has 0 spiro atoms. The Balaban J connectivity index is 3.26. The summed E-state index contributed by atoms with van der Waals surface area (Å²) in [7, 11) is 0. The van der Waals surface area contributed by atoms with E-state index in [-0.39, 0.29) is 11.3 Å². The summed E-state index contributed by atoms with van der Waals surface area (Å²) < 4.78 is 39.1. The Morgan fingerprint density at radius 3 is 2.29 bits per heavy atom. The fraction of sp³-hybridized carbons (Fsp3) is 0.533. The van der Waals surface area contributed by atoms with Gasteiger partial charge >= 0.3 is 6.18 Å². The van der Waals surface area contributed by atoms with E-state index in [0.717, 1.165) is 6.07 Å². The smallest absolute Gasteiger partial charge is 0.384 e. The van der Waals surface area contributed by atoms with Gasteiger partial charge in [0.1, 0.15) is 0 Å². The molecule has 0 saturated carbocycles. The Morgan fingerprint density at radius 1 is 1.19 bits per heavy atom. The van der Waals surface area contributed by atoms with Gasteiger partial charge in [0.25, 0.3) is 5.91 Å². The van der Waals surface area contributed by atoms with Gasteiger partial charge in [-0.05, 0) is 39.3 Å². The highest BCUT2D eigenvalue weighted by Crippen LogP contribution is 2.36. The summed E-state index contributed by atoms with van der Waals surface area (Å²) in [5, 5.41) is 5.41. The molecule has 0 saturated heterocycles. The van der Waals surface area contributed by atoms with E-state index in [0.29, 0.717) is 13.0 Å². The van der Waals surface area contributed by atoms with Crippen LogP contribution in [0.25, 0.3) is 0 Å². The quantitative estimate of drug-likeness (QED) is 0.861. The van der Waals surface area contributed by atoms with E-state index in [1.807, 2.05) is 20.8 Å². The number of halogens is 3. The molecule has 0 aliphatic carbocycles. The van der Waals surface area contributed by atoms with Crippen LogP contribution in [-0.2, 0) is 6.18 Å². The van der Waals surface area contributed by atoms with Crippen LogP contribution in [0.2, 0.25) is 0 Å². The second-order valence-electron chi connectivity index (χ2n) is 5.45. The molecule has 2 N–H and O–H groups in total. The molecule has 0 radical (unpaired) electrons. The Morgan fingerprint density at radius 2 is 1.81 bits per heavy atom. The Kier molecular flexibility index (Phi) is 5.25. The number of benzene rings is 1. The minimum Gasteiger partial charge on any atom is -0.384 e. The summed E-state index contributed by atoms with van der Waals surface area (Å²) in [5.74, 6) is -0.510. The first-order chi connectivity index (χ1) is 9.62. The first-order valence-electron chi connectivity index (χ1n) is 6.89. The van der Waals surface area contributed by atoms with Crippen molar-refractivity contribution in [1.29, 1.82) is 0 Å². The van der Waals surface area contributed by atoms with Crippen LogP contribution in [0.3, 0.4) is 0 Å². The van der Waals surface area contributed by atoms with Crippen molar-refractivity contribution in [3.63, 3.8) is 0 Å². The predicted molar refractivity (Wildman–Crippen MR) is 77.4 cm³/mol. The molecule has 0 unspecified atom stereocenters. The Hall–Kier alpha value is -1.72. The van der Waals surface area contributed by atoms with Crippen molar-refractivity contribution in [2.75, 3.05) is 11.9 Å². The van der Waals surface area contributed by atoms with Gasteiger partial charge in [0.05, 0.1) is 16.8 Å². The van der Waals surface area contributed by atoms with Gasteiger partial charge in [-0.15, -0.1) is 0 Å². The second-order valence-corrected chi connectivity index (χ2v) is 5.45. The molecule has 0 aliphatic rings. The van der Waals surface area contributed by atoms with Crippen molar-refractivity contribution >= 4 is 11.6 Å². The fourth-order valence-electron chi connectivity index (χ4n) is 1.81. The molecule has 0 atom stereocenters. The van der Waals surface area contributed by atoms with Crippen LogP contribution in [0.1, 0.15) is 50.0 Å². The molecule has 118 valence electrons. The SMILES string of the molecule is CCNc1c(C(=O)NC(C)(C)CC)cccc1C(F)(F)F. The van der Waals surface area contributed by atoms with E-state index < -0.39 is 23.2 Å². The number of alkyl halides is 3. The van der Waals surface area contributed by atoms with Crippen LogP contribution < -0.4 is 10.6 Å². The number of nitrogens with one attached hydrogen (secondary N) is 2. The van der Waals surface area contributed by atoms with Crippen LogP contribution in [0.4, 0.5) is 18.9 Å². The number of hydrogen-bond donors (Lipinski definition) is 2. The zero-order valence-electron chi connectivity index (χ0n) is 12.7. The van der Waals surface area contributed by atoms with Gasteiger partial charge in [-0.3, -0.25) is 4.79 Å². The van der Waals surface area contributed by atoms with Gasteiger partial charge in [0.2, 0.25) is 0 Å². The van der Waals surface area contributed by atoms with Crippen LogP contribution in [0.5, 0.6) is 0 Å². The molecule has 0 aliphatic heterocycles. The maximum absolute atomic E-state index is 13.0. The lowest BCUT2D eigenvalue weighted by atomic mass is 10.00. The Labute approximate surface area is 122 Å². The number of anilines is 1. The highest BCUT2D eigenvalue weighted by molar-refractivity contribution is 6.00. The molecule has 0 aromatic heterocycles. The van der Waals surface area contributed by atoms with Crippen molar-refractivity contribution in [2.45, 2.75) is 45.8 Å². The Bertz CT molecular complexity index is 510. The van der Waals surface area contributed by atoms with E-state index >= 15 is 0 Å². The summed E-state index contributed by atoms with van der Waals surface area (Å²) in [6.45, 7) is 7.53. The van der Waals surface area contributed by atoms with Crippen molar-refractivity contribution < 1.29 is 18.0 Å². The molecule has 1 amide bonds. The maximum atomic E-state index is 13.0. The molecular formula is C15H21F3N2O. The number of carbonyl (C=O) groups excluding carboxylic acids is 1. The maximum Gasteiger partial charge on any atom is 0.418 e. The summed E-state index contributed by atoms with van der Waals surface area (Å²) in [4.78, 5) is 12.3. The minimum absolute atomic E-state index is 0.00759. The van der Waals surface area contributed by atoms with Gasteiger partial charge < -0.3 is 10.6 Å². The van der Waals surface area contributed by atoms with E-state index in [1.165, 1.54) is 12.1 Å². The zero-order chi connectivity index (χ0) is 16.3. The summed E-state index contributed by atoms with van der Waals surface area (Å²) in [6, 6.07) is 3.62. The van der Waals surface area contributed by atoms with E-state index in [1.54, 1.807) is 6.92 Å². The summed E-state index contributed by atoms with van der Waals surface area (Å²) >= 11 is 0. The van der Waals surface area contributed by atoms with Crippen LogP contribution in [0.15, 0.2) is 18.2 Å². The molecule has 3 nitrogen and oxygen atoms in total. The zero-order valence-corrected chi connectivity index (χ0v) is 12.7. The van der Waals surface area contributed by atoms with Crippen LogP contribution in [0, 0.1) is 0 Å². The van der Waals surface area contributed by atoms with Gasteiger partial charge in [0.15, 0.2) is 0 Å². The van der Waals surface area contributed by atoms with Gasteiger partial charge in [-0.25, -0.2) is 0 Å². The van der Waals surface area contributed by atoms with E-state index in [2.05, 4.69) is 10.6 Å². The molecule has 1 aromatic rings. The fourth-order valence-corrected chi connectivity index (χ4v) is 1.81. The topological polar surface area (TPSA) is 41.1 Å². The molecule has 21 heavy (non-hydrogen) atoms. The molecule has 0 heterocycles. The lowest BCUT2D eigenvalue weighted by Gasteiger charge is -2.26. The van der Waals surface area contributed by atoms with E-state index in [4.69, 9.17) is 0 Å². The highest BCUT2D eigenvalue weighted by atomic mass is 19.4. The van der Waals surface area contributed by atoms with Crippen molar-refractivity contribution in [2.24, 2.45) is 0 Å². The normalized spacial score (nSPS) is 12.1. The molecule has 6 heteroatoms. The predicted octanol–water partition coefficient (Wildman–Crippen LogP) is 4.06. The van der Waals surface area contributed by atoms with Gasteiger partial charge in [-0.2, -0.15) is 13.2 Å². The number of rotatable bonds is 5. The van der Waals surface area contributed by atoms with Crippen LogP contribution in [-0.4, -0.2) is 18.0 Å². The number of amides is 1. The molecule has 0 fully saturated rings. The second kappa shape index (κ2) is 6.37.